The highest BCUT2D eigenvalue weighted by molar-refractivity contribution is 6.00. The van der Waals surface area contributed by atoms with E-state index in [1.807, 2.05) is 13.8 Å². The highest BCUT2D eigenvalue weighted by Gasteiger charge is 2.36. The SMILES string of the molecule is CC(C)C1Oc2ccc(F)cc2N(CCN)C1=O. The van der Waals surface area contributed by atoms with Gasteiger partial charge in [-0.15, -0.1) is 0 Å². The molecule has 0 aromatic heterocycles. The molecule has 0 aliphatic carbocycles. The summed E-state index contributed by atoms with van der Waals surface area (Å²) in [6.07, 6.45) is -0.533. The van der Waals surface area contributed by atoms with Crippen LogP contribution in [0.2, 0.25) is 0 Å². The molecule has 5 heteroatoms. The first kappa shape index (κ1) is 12.8. The molecule has 1 aliphatic heterocycles. The number of halogens is 1. The van der Waals surface area contributed by atoms with E-state index in [2.05, 4.69) is 0 Å². The zero-order valence-corrected chi connectivity index (χ0v) is 10.5. The molecule has 2 N–H and O–H groups in total. The van der Waals surface area contributed by atoms with E-state index in [4.69, 9.17) is 10.5 Å². The lowest BCUT2D eigenvalue weighted by Gasteiger charge is -2.35. The fraction of sp³-hybridized carbons (Fsp3) is 0.462. The van der Waals surface area contributed by atoms with E-state index in [9.17, 15) is 9.18 Å². The van der Waals surface area contributed by atoms with Crippen molar-refractivity contribution in [1.82, 2.24) is 0 Å². The Hall–Kier alpha value is -1.62. The van der Waals surface area contributed by atoms with Gasteiger partial charge in [0.1, 0.15) is 11.6 Å². The number of anilines is 1. The summed E-state index contributed by atoms with van der Waals surface area (Å²) >= 11 is 0. The fourth-order valence-electron chi connectivity index (χ4n) is 2.04. The number of nitrogens with two attached hydrogens (primary N) is 1. The molecule has 1 amide bonds. The molecular weight excluding hydrogens is 235 g/mol. The van der Waals surface area contributed by atoms with Crippen molar-refractivity contribution in [2.24, 2.45) is 11.7 Å². The zero-order chi connectivity index (χ0) is 13.3. The summed E-state index contributed by atoms with van der Waals surface area (Å²) < 4.78 is 18.9. The van der Waals surface area contributed by atoms with Crippen LogP contribution in [0, 0.1) is 11.7 Å². The smallest absolute Gasteiger partial charge is 0.268 e. The third kappa shape index (κ3) is 2.18. The minimum absolute atomic E-state index is 0.0518. The molecule has 0 radical (unpaired) electrons. The fourth-order valence-corrected chi connectivity index (χ4v) is 2.04. The molecule has 0 spiro atoms. The van der Waals surface area contributed by atoms with Gasteiger partial charge in [-0.1, -0.05) is 13.8 Å². The van der Waals surface area contributed by atoms with Gasteiger partial charge in [0.05, 0.1) is 5.69 Å². The Labute approximate surface area is 106 Å². The number of ether oxygens (including phenoxy) is 1. The maximum atomic E-state index is 13.3. The van der Waals surface area contributed by atoms with E-state index < -0.39 is 11.9 Å². The monoisotopic (exact) mass is 252 g/mol. The van der Waals surface area contributed by atoms with Crippen LogP contribution in [-0.4, -0.2) is 25.1 Å². The van der Waals surface area contributed by atoms with Crippen molar-refractivity contribution in [3.05, 3.63) is 24.0 Å². The van der Waals surface area contributed by atoms with Gasteiger partial charge in [0.2, 0.25) is 0 Å². The van der Waals surface area contributed by atoms with Crippen molar-refractivity contribution in [3.8, 4) is 5.75 Å². The summed E-state index contributed by atoms with van der Waals surface area (Å²) in [4.78, 5) is 13.8. The van der Waals surface area contributed by atoms with Gasteiger partial charge < -0.3 is 15.4 Å². The van der Waals surface area contributed by atoms with E-state index in [1.165, 1.54) is 17.0 Å². The van der Waals surface area contributed by atoms with Gasteiger partial charge >= 0.3 is 0 Å². The van der Waals surface area contributed by atoms with Crippen molar-refractivity contribution in [2.45, 2.75) is 20.0 Å². The molecular formula is C13H17FN2O2. The Morgan fingerprint density at radius 2 is 2.22 bits per heavy atom. The van der Waals surface area contributed by atoms with Gasteiger partial charge in [0.25, 0.3) is 5.91 Å². The van der Waals surface area contributed by atoms with Gasteiger partial charge in [-0.05, 0) is 18.1 Å². The van der Waals surface area contributed by atoms with Crippen LogP contribution < -0.4 is 15.4 Å². The lowest BCUT2D eigenvalue weighted by Crippen LogP contribution is -2.49. The molecule has 1 aliphatic rings. The summed E-state index contributed by atoms with van der Waals surface area (Å²) in [5.74, 6) is 0.0304. The first-order chi connectivity index (χ1) is 8.54. The number of rotatable bonds is 3. The molecule has 0 bridgehead atoms. The Balaban J connectivity index is 2.44. The van der Waals surface area contributed by atoms with Gasteiger partial charge in [-0.3, -0.25) is 4.79 Å². The minimum Gasteiger partial charge on any atom is -0.478 e. The number of hydrogen-bond acceptors (Lipinski definition) is 3. The summed E-state index contributed by atoms with van der Waals surface area (Å²) in [6.45, 7) is 4.52. The molecule has 18 heavy (non-hydrogen) atoms. The van der Waals surface area contributed by atoms with E-state index in [0.29, 0.717) is 24.5 Å². The van der Waals surface area contributed by atoms with Crippen molar-refractivity contribution < 1.29 is 13.9 Å². The van der Waals surface area contributed by atoms with Crippen LogP contribution in [0.15, 0.2) is 18.2 Å². The highest BCUT2D eigenvalue weighted by atomic mass is 19.1. The van der Waals surface area contributed by atoms with Crippen LogP contribution in [0.1, 0.15) is 13.8 Å². The van der Waals surface area contributed by atoms with Gasteiger partial charge in [0.15, 0.2) is 6.10 Å². The number of benzene rings is 1. The number of nitrogens with zero attached hydrogens (tertiary/aromatic N) is 1. The first-order valence-electron chi connectivity index (χ1n) is 6.02. The summed E-state index contributed by atoms with van der Waals surface area (Å²) in [5, 5.41) is 0. The molecule has 0 saturated heterocycles. The maximum Gasteiger partial charge on any atom is 0.268 e. The molecule has 1 aromatic carbocycles. The summed E-state index contributed by atoms with van der Waals surface area (Å²) in [7, 11) is 0. The molecule has 0 fully saturated rings. The molecule has 1 unspecified atom stereocenters. The normalized spacial score (nSPS) is 18.8. The number of amides is 1. The quantitative estimate of drug-likeness (QED) is 0.887. The largest absolute Gasteiger partial charge is 0.478 e. The second kappa shape index (κ2) is 4.94. The zero-order valence-electron chi connectivity index (χ0n) is 10.5. The standard InChI is InChI=1S/C13H17FN2O2/c1-8(2)12-13(17)16(6-5-15)10-7-9(14)3-4-11(10)18-12/h3-4,7-8,12H,5-6,15H2,1-2H3. The third-order valence-electron chi connectivity index (χ3n) is 2.93. The van der Waals surface area contributed by atoms with Crippen LogP contribution in [0.5, 0.6) is 5.75 Å². The lowest BCUT2D eigenvalue weighted by molar-refractivity contribution is -0.128. The molecule has 4 nitrogen and oxygen atoms in total. The minimum atomic E-state index is -0.533. The molecule has 98 valence electrons. The summed E-state index contributed by atoms with van der Waals surface area (Å²) in [5.41, 5.74) is 5.97. The number of fused-ring (bicyclic) bond motifs is 1. The van der Waals surface area contributed by atoms with Crippen LogP contribution in [0.25, 0.3) is 0 Å². The lowest BCUT2D eigenvalue weighted by atomic mass is 10.0. The topological polar surface area (TPSA) is 55.6 Å². The molecule has 0 saturated carbocycles. The van der Waals surface area contributed by atoms with Crippen molar-refractivity contribution in [3.63, 3.8) is 0 Å². The molecule has 2 rings (SSSR count). The second-order valence-corrected chi connectivity index (χ2v) is 4.67. The Morgan fingerprint density at radius 3 is 2.83 bits per heavy atom. The Morgan fingerprint density at radius 1 is 1.50 bits per heavy atom. The third-order valence-corrected chi connectivity index (χ3v) is 2.93. The molecule has 1 atom stereocenters. The Bertz CT molecular complexity index is 462. The first-order valence-corrected chi connectivity index (χ1v) is 6.02. The van der Waals surface area contributed by atoms with Crippen LogP contribution >= 0.6 is 0 Å². The number of carbonyl (C=O) groups excluding carboxylic acids is 1. The Kier molecular flexibility index (Phi) is 3.52. The predicted molar refractivity (Wildman–Crippen MR) is 67.1 cm³/mol. The van der Waals surface area contributed by atoms with Gasteiger partial charge in [-0.25, -0.2) is 4.39 Å². The van der Waals surface area contributed by atoms with E-state index in [-0.39, 0.29) is 11.8 Å². The van der Waals surface area contributed by atoms with E-state index >= 15 is 0 Å². The molecule has 1 aromatic rings. The van der Waals surface area contributed by atoms with Crippen molar-refractivity contribution in [2.75, 3.05) is 18.0 Å². The van der Waals surface area contributed by atoms with Gasteiger partial charge in [0, 0.05) is 19.2 Å². The number of hydrogen-bond donors (Lipinski definition) is 1. The second-order valence-electron chi connectivity index (χ2n) is 4.67. The average molecular weight is 252 g/mol. The van der Waals surface area contributed by atoms with E-state index in [0.717, 1.165) is 0 Å². The van der Waals surface area contributed by atoms with Crippen LogP contribution in [-0.2, 0) is 4.79 Å². The molecule has 1 heterocycles. The van der Waals surface area contributed by atoms with Gasteiger partial charge in [-0.2, -0.15) is 0 Å². The average Bonchev–Trinajstić information content (AvgIpc) is 2.32. The highest BCUT2D eigenvalue weighted by Crippen LogP contribution is 2.35. The maximum absolute atomic E-state index is 13.3. The van der Waals surface area contributed by atoms with Crippen LogP contribution in [0.4, 0.5) is 10.1 Å². The van der Waals surface area contributed by atoms with Crippen molar-refractivity contribution in [1.29, 1.82) is 0 Å². The summed E-state index contributed by atoms with van der Waals surface area (Å²) in [6, 6.07) is 4.18. The van der Waals surface area contributed by atoms with E-state index in [1.54, 1.807) is 6.07 Å². The predicted octanol–water partition coefficient (Wildman–Crippen LogP) is 1.53. The van der Waals surface area contributed by atoms with Crippen LogP contribution in [0.3, 0.4) is 0 Å². The number of carbonyl (C=O) groups is 1. The van der Waals surface area contributed by atoms with Crippen molar-refractivity contribution >= 4 is 11.6 Å².